The molecule has 0 saturated heterocycles. The highest BCUT2D eigenvalue weighted by molar-refractivity contribution is 5.69. The average molecular weight is 260 g/mol. The molecular formula is C14H28O4. The normalized spacial score (nSPS) is 9.28. The molecule has 0 saturated carbocycles. The predicted octanol–water partition coefficient (Wildman–Crippen LogP) is 3.78. The Hall–Kier alpha value is -1.06. The Balaban J connectivity index is 0. The molecule has 0 radical (unpaired) electrons. The number of carbonyl (C=O) groups excluding carboxylic acids is 1. The van der Waals surface area contributed by atoms with Crippen LogP contribution in [0.2, 0.25) is 0 Å². The molecule has 0 unspecified atom stereocenters. The van der Waals surface area contributed by atoms with Gasteiger partial charge in [-0.05, 0) is 19.8 Å². The summed E-state index contributed by atoms with van der Waals surface area (Å²) in [5, 5.41) is 8.14. The molecule has 0 aliphatic rings. The molecule has 0 heterocycles. The van der Waals surface area contributed by atoms with Gasteiger partial charge in [0.05, 0.1) is 6.61 Å². The van der Waals surface area contributed by atoms with Gasteiger partial charge >= 0.3 is 11.9 Å². The minimum atomic E-state index is -0.682. The van der Waals surface area contributed by atoms with E-state index in [0.717, 1.165) is 38.5 Å². The van der Waals surface area contributed by atoms with Gasteiger partial charge in [-0.25, -0.2) is 0 Å². The maximum absolute atomic E-state index is 10.7. The number of aliphatic carboxylic acids is 1. The van der Waals surface area contributed by atoms with E-state index in [1.54, 1.807) is 0 Å². The summed E-state index contributed by atoms with van der Waals surface area (Å²) in [5.41, 5.74) is 0. The van der Waals surface area contributed by atoms with Crippen LogP contribution in [0.1, 0.15) is 72.1 Å². The zero-order valence-corrected chi connectivity index (χ0v) is 12.0. The van der Waals surface area contributed by atoms with Crippen molar-refractivity contribution >= 4 is 11.9 Å². The van der Waals surface area contributed by atoms with Crippen LogP contribution in [0.4, 0.5) is 0 Å². The van der Waals surface area contributed by atoms with Gasteiger partial charge in [0.15, 0.2) is 0 Å². The van der Waals surface area contributed by atoms with Crippen LogP contribution in [0.3, 0.4) is 0 Å². The minimum Gasteiger partial charge on any atom is -0.481 e. The Bertz CT molecular complexity index is 202. The minimum absolute atomic E-state index is 0.0593. The van der Waals surface area contributed by atoms with Crippen LogP contribution in [-0.4, -0.2) is 23.7 Å². The highest BCUT2D eigenvalue weighted by atomic mass is 16.5. The van der Waals surface area contributed by atoms with Crippen LogP contribution >= 0.6 is 0 Å². The quantitative estimate of drug-likeness (QED) is 0.506. The lowest BCUT2D eigenvalue weighted by Crippen LogP contribution is -2.02. The van der Waals surface area contributed by atoms with E-state index in [0.29, 0.717) is 19.4 Å². The Morgan fingerprint density at radius 1 is 0.889 bits per heavy atom. The van der Waals surface area contributed by atoms with Gasteiger partial charge in [0.25, 0.3) is 0 Å². The van der Waals surface area contributed by atoms with Gasteiger partial charge in [-0.3, -0.25) is 9.59 Å². The molecule has 4 heteroatoms. The highest BCUT2D eigenvalue weighted by Gasteiger charge is 1.98. The number of carboxylic acids is 1. The van der Waals surface area contributed by atoms with E-state index in [2.05, 4.69) is 13.8 Å². The fraction of sp³-hybridized carbons (Fsp3) is 0.857. The highest BCUT2D eigenvalue weighted by Crippen LogP contribution is 1.99. The second kappa shape index (κ2) is 15.9. The van der Waals surface area contributed by atoms with Crippen molar-refractivity contribution in [1.29, 1.82) is 0 Å². The molecule has 0 aliphatic heterocycles. The Morgan fingerprint density at radius 3 is 1.78 bits per heavy atom. The lowest BCUT2D eigenvalue weighted by molar-refractivity contribution is -0.143. The number of unbranched alkanes of at least 4 members (excludes halogenated alkanes) is 4. The first-order valence-electron chi connectivity index (χ1n) is 6.95. The Labute approximate surface area is 111 Å². The van der Waals surface area contributed by atoms with Gasteiger partial charge in [0.1, 0.15) is 0 Å². The molecule has 0 rings (SSSR count). The van der Waals surface area contributed by atoms with Crippen molar-refractivity contribution in [2.75, 3.05) is 6.61 Å². The van der Waals surface area contributed by atoms with Gasteiger partial charge in [-0.15, -0.1) is 0 Å². The number of hydrogen-bond acceptors (Lipinski definition) is 3. The van der Waals surface area contributed by atoms with Crippen molar-refractivity contribution < 1.29 is 19.4 Å². The molecule has 0 bridgehead atoms. The third-order valence-corrected chi connectivity index (χ3v) is 2.28. The average Bonchev–Trinajstić information content (AvgIpc) is 2.30. The van der Waals surface area contributed by atoms with Gasteiger partial charge in [0.2, 0.25) is 0 Å². The van der Waals surface area contributed by atoms with E-state index >= 15 is 0 Å². The Kier molecular flexibility index (Phi) is 17.1. The topological polar surface area (TPSA) is 63.6 Å². The lowest BCUT2D eigenvalue weighted by Gasteiger charge is -1.99. The van der Waals surface area contributed by atoms with Crippen LogP contribution in [0.25, 0.3) is 0 Å². The number of hydrogen-bond donors (Lipinski definition) is 1. The molecule has 4 nitrogen and oxygen atoms in total. The molecule has 0 aromatic heterocycles. The predicted molar refractivity (Wildman–Crippen MR) is 72.6 cm³/mol. The zero-order valence-electron chi connectivity index (χ0n) is 12.0. The first-order chi connectivity index (χ1) is 8.58. The monoisotopic (exact) mass is 260 g/mol. The van der Waals surface area contributed by atoms with Crippen LogP contribution < -0.4 is 0 Å². The van der Waals surface area contributed by atoms with Gasteiger partial charge in [-0.2, -0.15) is 0 Å². The van der Waals surface area contributed by atoms with Crippen LogP contribution in [0.15, 0.2) is 0 Å². The molecule has 108 valence electrons. The molecular weight excluding hydrogens is 232 g/mol. The largest absolute Gasteiger partial charge is 0.481 e. The number of carbonyl (C=O) groups is 2. The van der Waals surface area contributed by atoms with Crippen molar-refractivity contribution in [3.05, 3.63) is 0 Å². The summed E-state index contributed by atoms with van der Waals surface area (Å²) >= 11 is 0. The molecule has 0 amide bonds. The number of carboxylic acid groups (broad SMARTS) is 1. The van der Waals surface area contributed by atoms with Crippen molar-refractivity contribution in [1.82, 2.24) is 0 Å². The van der Waals surface area contributed by atoms with Crippen LogP contribution in [0, 0.1) is 0 Å². The summed E-state index contributed by atoms with van der Waals surface area (Å²) in [6.45, 7) is 6.51. The molecule has 0 aliphatic carbocycles. The van der Waals surface area contributed by atoms with E-state index < -0.39 is 5.97 Å². The molecule has 0 aromatic rings. The fourth-order valence-electron chi connectivity index (χ4n) is 1.28. The summed E-state index contributed by atoms with van der Waals surface area (Å²) in [7, 11) is 0. The first-order valence-corrected chi connectivity index (χ1v) is 6.95. The SMILES string of the molecule is CCCCCC(=O)O.CCCCCC(=O)OCC. The van der Waals surface area contributed by atoms with E-state index in [4.69, 9.17) is 9.84 Å². The number of esters is 1. The standard InChI is InChI=1S/C8H16O2.C6H12O2/c1-3-5-6-7-8(9)10-4-2;1-2-3-4-5-6(7)8/h3-7H2,1-2H3;2-5H2,1H3,(H,7,8). The van der Waals surface area contributed by atoms with Crippen molar-refractivity contribution in [2.45, 2.75) is 72.1 Å². The van der Waals surface area contributed by atoms with Gasteiger partial charge in [-0.1, -0.05) is 39.5 Å². The van der Waals surface area contributed by atoms with Crippen molar-refractivity contribution in [3.8, 4) is 0 Å². The summed E-state index contributed by atoms with van der Waals surface area (Å²) in [4.78, 5) is 20.6. The molecule has 0 aromatic carbocycles. The molecule has 0 atom stereocenters. The third-order valence-electron chi connectivity index (χ3n) is 2.28. The Morgan fingerprint density at radius 2 is 1.39 bits per heavy atom. The maximum Gasteiger partial charge on any atom is 0.305 e. The summed E-state index contributed by atoms with van der Waals surface area (Å²) in [6.07, 6.45) is 7.11. The van der Waals surface area contributed by atoms with Crippen LogP contribution in [0.5, 0.6) is 0 Å². The van der Waals surface area contributed by atoms with Gasteiger partial charge in [0, 0.05) is 12.8 Å². The summed E-state index contributed by atoms with van der Waals surface area (Å²) in [6, 6.07) is 0. The zero-order chi connectivity index (χ0) is 14.2. The summed E-state index contributed by atoms with van der Waals surface area (Å²) in [5.74, 6) is -0.741. The second-order valence-corrected chi connectivity index (χ2v) is 4.11. The third kappa shape index (κ3) is 20.4. The fourth-order valence-corrected chi connectivity index (χ4v) is 1.28. The van der Waals surface area contributed by atoms with Gasteiger partial charge < -0.3 is 9.84 Å². The van der Waals surface area contributed by atoms with E-state index in [9.17, 15) is 9.59 Å². The van der Waals surface area contributed by atoms with E-state index in [1.807, 2.05) is 6.92 Å². The maximum atomic E-state index is 10.7. The lowest BCUT2D eigenvalue weighted by atomic mass is 10.2. The first kappa shape index (κ1) is 19.3. The number of rotatable bonds is 9. The molecule has 18 heavy (non-hydrogen) atoms. The molecule has 0 fully saturated rings. The van der Waals surface area contributed by atoms with E-state index in [1.165, 1.54) is 0 Å². The smallest absolute Gasteiger partial charge is 0.305 e. The summed E-state index contributed by atoms with van der Waals surface area (Å²) < 4.78 is 4.75. The van der Waals surface area contributed by atoms with Crippen molar-refractivity contribution in [2.24, 2.45) is 0 Å². The van der Waals surface area contributed by atoms with Crippen molar-refractivity contribution in [3.63, 3.8) is 0 Å². The van der Waals surface area contributed by atoms with Crippen LogP contribution in [-0.2, 0) is 14.3 Å². The molecule has 1 N–H and O–H groups in total. The van der Waals surface area contributed by atoms with E-state index in [-0.39, 0.29) is 5.97 Å². The number of ether oxygens (including phenoxy) is 1. The second-order valence-electron chi connectivity index (χ2n) is 4.11. The molecule has 0 spiro atoms.